The molecule has 0 spiro atoms. The lowest BCUT2D eigenvalue weighted by molar-refractivity contribution is -0.113. The lowest BCUT2D eigenvalue weighted by Gasteiger charge is -2.16. The summed E-state index contributed by atoms with van der Waals surface area (Å²) in [6.07, 6.45) is 0.369. The zero-order valence-electron chi connectivity index (χ0n) is 10.3. The number of carbonyl (C=O) groups is 1. The lowest BCUT2D eigenvalue weighted by atomic mass is 10.1. The third-order valence-electron chi connectivity index (χ3n) is 2.33. The van der Waals surface area contributed by atoms with Crippen molar-refractivity contribution in [1.29, 1.82) is 0 Å². The molecule has 1 rings (SSSR count). The van der Waals surface area contributed by atoms with E-state index in [1.165, 1.54) is 12.1 Å². The first kappa shape index (κ1) is 15.1. The molecule has 0 aromatic heterocycles. The van der Waals surface area contributed by atoms with Crippen molar-refractivity contribution in [2.24, 2.45) is 5.92 Å². The highest BCUT2D eigenvalue weighted by Crippen LogP contribution is 2.13. The minimum atomic E-state index is -3.71. The monoisotopic (exact) mass is 289 g/mol. The van der Waals surface area contributed by atoms with Crippen molar-refractivity contribution < 1.29 is 13.2 Å². The fraction of sp³-hybridized carbons (Fsp3) is 0.417. The topological polar surface area (TPSA) is 63.2 Å². The van der Waals surface area contributed by atoms with Crippen LogP contribution in [-0.2, 0) is 14.8 Å². The van der Waals surface area contributed by atoms with E-state index in [0.29, 0.717) is 6.42 Å². The number of carbonyl (C=O) groups excluding carboxylic acids is 1. The van der Waals surface area contributed by atoms with Crippen molar-refractivity contribution in [3.63, 3.8) is 0 Å². The molecule has 1 atom stereocenters. The fourth-order valence-electron chi connectivity index (χ4n) is 1.51. The van der Waals surface area contributed by atoms with Gasteiger partial charge in [-0.25, -0.2) is 8.42 Å². The average molecular weight is 290 g/mol. The van der Waals surface area contributed by atoms with Gasteiger partial charge in [0.25, 0.3) is 0 Å². The number of halogens is 1. The molecule has 0 unspecified atom stereocenters. The molecular weight excluding hydrogens is 274 g/mol. The van der Waals surface area contributed by atoms with Crippen molar-refractivity contribution in [3.05, 3.63) is 30.3 Å². The molecule has 0 aliphatic rings. The first-order valence-corrected chi connectivity index (χ1v) is 7.46. The quantitative estimate of drug-likeness (QED) is 0.816. The first-order chi connectivity index (χ1) is 8.33. The van der Waals surface area contributed by atoms with Gasteiger partial charge in [-0.15, -0.1) is 0 Å². The van der Waals surface area contributed by atoms with Crippen molar-refractivity contribution in [2.45, 2.75) is 31.2 Å². The third kappa shape index (κ3) is 4.40. The molecule has 1 N–H and O–H groups in total. The van der Waals surface area contributed by atoms with Gasteiger partial charge in [-0.3, -0.25) is 4.79 Å². The molecule has 0 amide bonds. The molecule has 0 saturated carbocycles. The van der Waals surface area contributed by atoms with E-state index in [9.17, 15) is 13.2 Å². The van der Waals surface area contributed by atoms with Gasteiger partial charge in [0.05, 0.1) is 10.9 Å². The van der Waals surface area contributed by atoms with E-state index in [2.05, 4.69) is 4.72 Å². The number of hydrogen-bond donors (Lipinski definition) is 1. The summed E-state index contributed by atoms with van der Waals surface area (Å²) in [6.45, 7) is 3.79. The van der Waals surface area contributed by atoms with Gasteiger partial charge in [0.1, 0.15) is 0 Å². The molecular formula is C12H16ClNO3S. The Hall–Kier alpha value is -0.910. The van der Waals surface area contributed by atoms with Crippen LogP contribution < -0.4 is 4.72 Å². The summed E-state index contributed by atoms with van der Waals surface area (Å²) in [6, 6.07) is 7.00. The Morgan fingerprint density at radius 1 is 1.28 bits per heavy atom. The number of rotatable bonds is 6. The fourth-order valence-corrected chi connectivity index (χ4v) is 2.95. The summed E-state index contributed by atoms with van der Waals surface area (Å²) in [5, 5.41) is -0.691. The summed E-state index contributed by atoms with van der Waals surface area (Å²) in [5.74, 6) is 0.163. The van der Waals surface area contributed by atoms with E-state index in [-0.39, 0.29) is 10.8 Å². The lowest BCUT2D eigenvalue weighted by Crippen LogP contribution is -2.39. The Bertz CT molecular complexity index is 499. The summed E-state index contributed by atoms with van der Waals surface area (Å²) >= 11 is 5.42. The average Bonchev–Trinajstić information content (AvgIpc) is 2.28. The van der Waals surface area contributed by atoms with Crippen LogP contribution in [0.2, 0.25) is 0 Å². The molecule has 0 aliphatic heterocycles. The predicted molar refractivity (Wildman–Crippen MR) is 70.9 cm³/mol. The second kappa shape index (κ2) is 6.31. The summed E-state index contributed by atoms with van der Waals surface area (Å²) in [7, 11) is -3.71. The van der Waals surface area contributed by atoms with Crippen LogP contribution in [0, 0.1) is 5.92 Å². The standard InChI is InChI=1S/C12H16ClNO3S/c1-9(2)8-11(12(13)15)14-18(16,17)10-6-4-3-5-7-10/h3-7,9,11,14H,8H2,1-2H3/t11-/m0/s1. The highest BCUT2D eigenvalue weighted by molar-refractivity contribution is 7.89. The Morgan fingerprint density at radius 3 is 2.28 bits per heavy atom. The van der Waals surface area contributed by atoms with Crippen molar-refractivity contribution in [3.8, 4) is 0 Å². The van der Waals surface area contributed by atoms with Gasteiger partial charge in [0.15, 0.2) is 0 Å². The molecule has 0 heterocycles. The maximum Gasteiger partial charge on any atom is 0.241 e. The molecule has 1 aromatic rings. The van der Waals surface area contributed by atoms with E-state index >= 15 is 0 Å². The molecule has 1 aromatic carbocycles. The molecule has 4 nitrogen and oxygen atoms in total. The van der Waals surface area contributed by atoms with Gasteiger partial charge in [-0.2, -0.15) is 4.72 Å². The smallest absolute Gasteiger partial charge is 0.241 e. The van der Waals surface area contributed by atoms with Crippen LogP contribution in [0.25, 0.3) is 0 Å². The summed E-state index contributed by atoms with van der Waals surface area (Å²) < 4.78 is 26.3. The highest BCUT2D eigenvalue weighted by atomic mass is 35.5. The van der Waals surface area contributed by atoms with Crippen molar-refractivity contribution in [1.82, 2.24) is 4.72 Å². The number of hydrogen-bond acceptors (Lipinski definition) is 3. The number of nitrogens with one attached hydrogen (secondary N) is 1. The normalized spacial score (nSPS) is 13.6. The molecule has 0 bridgehead atoms. The van der Waals surface area contributed by atoms with Gasteiger partial charge in [0, 0.05) is 0 Å². The van der Waals surface area contributed by atoms with Gasteiger partial charge >= 0.3 is 0 Å². The Balaban J connectivity index is 2.90. The molecule has 6 heteroatoms. The van der Waals surface area contributed by atoms with E-state index in [0.717, 1.165) is 0 Å². The SMILES string of the molecule is CC(C)C[C@H](NS(=O)(=O)c1ccccc1)C(=O)Cl. The maximum atomic E-state index is 12.0. The van der Waals surface area contributed by atoms with Crippen LogP contribution in [-0.4, -0.2) is 19.7 Å². The van der Waals surface area contributed by atoms with Gasteiger partial charge in [-0.05, 0) is 36.1 Å². The Labute approximate surface area is 112 Å². The molecule has 0 fully saturated rings. The molecule has 100 valence electrons. The Morgan fingerprint density at radius 2 is 1.83 bits per heavy atom. The predicted octanol–water partition coefficient (Wildman–Crippen LogP) is 2.15. The Kier molecular flexibility index (Phi) is 5.31. The van der Waals surface area contributed by atoms with E-state index in [1.807, 2.05) is 13.8 Å². The van der Waals surface area contributed by atoms with Crippen molar-refractivity contribution in [2.75, 3.05) is 0 Å². The minimum absolute atomic E-state index is 0.122. The van der Waals surface area contributed by atoms with E-state index < -0.39 is 21.3 Å². The zero-order chi connectivity index (χ0) is 13.8. The van der Waals surface area contributed by atoms with Crippen LogP contribution in [0.15, 0.2) is 35.2 Å². The summed E-state index contributed by atoms with van der Waals surface area (Å²) in [5.41, 5.74) is 0. The van der Waals surface area contributed by atoms with E-state index in [1.54, 1.807) is 18.2 Å². The molecule has 0 radical (unpaired) electrons. The first-order valence-electron chi connectivity index (χ1n) is 5.59. The largest absolute Gasteiger partial charge is 0.279 e. The highest BCUT2D eigenvalue weighted by Gasteiger charge is 2.24. The van der Waals surface area contributed by atoms with Gasteiger partial charge in [-0.1, -0.05) is 32.0 Å². The molecule has 0 aliphatic carbocycles. The second-order valence-corrected chi connectivity index (χ2v) is 6.51. The molecule has 0 saturated heterocycles. The second-order valence-electron chi connectivity index (χ2n) is 4.42. The van der Waals surface area contributed by atoms with Crippen LogP contribution in [0.3, 0.4) is 0 Å². The van der Waals surface area contributed by atoms with Crippen molar-refractivity contribution >= 4 is 26.9 Å². The number of benzene rings is 1. The minimum Gasteiger partial charge on any atom is -0.279 e. The van der Waals surface area contributed by atoms with Crippen LogP contribution in [0.4, 0.5) is 0 Å². The van der Waals surface area contributed by atoms with Crippen LogP contribution in [0.5, 0.6) is 0 Å². The third-order valence-corrected chi connectivity index (χ3v) is 4.08. The maximum absolute atomic E-state index is 12.0. The van der Waals surface area contributed by atoms with Gasteiger partial charge in [0.2, 0.25) is 15.3 Å². The molecule has 18 heavy (non-hydrogen) atoms. The summed E-state index contributed by atoms with van der Waals surface area (Å²) in [4.78, 5) is 11.3. The number of sulfonamides is 1. The van der Waals surface area contributed by atoms with Gasteiger partial charge < -0.3 is 0 Å². The zero-order valence-corrected chi connectivity index (χ0v) is 11.8. The van der Waals surface area contributed by atoms with Crippen LogP contribution >= 0.6 is 11.6 Å². The van der Waals surface area contributed by atoms with Crippen LogP contribution in [0.1, 0.15) is 20.3 Å². The van der Waals surface area contributed by atoms with E-state index in [4.69, 9.17) is 11.6 Å².